The number of nitrogens with zero attached hydrogens (tertiary/aromatic N) is 2. The molecule has 10 heteroatoms. The number of nitro groups is 2. The molecule has 1 heterocycles. The predicted octanol–water partition coefficient (Wildman–Crippen LogP) is 2.69. The van der Waals surface area contributed by atoms with Gasteiger partial charge in [0.25, 0.3) is 5.69 Å². The van der Waals surface area contributed by atoms with Gasteiger partial charge in [-0.2, -0.15) is 0 Å². The first-order valence-corrected chi connectivity index (χ1v) is 6.71. The van der Waals surface area contributed by atoms with Crippen molar-refractivity contribution >= 4 is 22.3 Å². The lowest BCUT2D eigenvalue weighted by molar-refractivity contribution is -0.385. The number of non-ortho nitro benzene ring substituents is 1. The molecule has 0 aliphatic carbocycles. The van der Waals surface area contributed by atoms with Crippen LogP contribution in [0.3, 0.4) is 0 Å². The summed E-state index contributed by atoms with van der Waals surface area (Å²) in [6.07, 6.45) is 0. The molecule has 2 aromatic carbocycles. The average molecular weight is 344 g/mol. The first kappa shape index (κ1) is 15.9. The fourth-order valence-electron chi connectivity index (χ4n) is 2.33. The molecule has 10 nitrogen and oxygen atoms in total. The van der Waals surface area contributed by atoms with E-state index in [4.69, 9.17) is 4.42 Å². The topological polar surface area (TPSA) is 157 Å². The molecule has 0 amide bonds. The Balaban J connectivity index is 2.25. The minimum absolute atomic E-state index is 0.00922. The van der Waals surface area contributed by atoms with Crippen LogP contribution >= 0.6 is 0 Å². The van der Waals surface area contributed by atoms with Crippen LogP contribution < -0.4 is 5.63 Å². The van der Waals surface area contributed by atoms with E-state index in [1.54, 1.807) is 0 Å². The summed E-state index contributed by atoms with van der Waals surface area (Å²) >= 11 is 0. The molecule has 0 saturated heterocycles. The summed E-state index contributed by atoms with van der Waals surface area (Å²) in [4.78, 5) is 32.2. The SMILES string of the molecule is O=c1oc2c(O)c(O)c([N+](=O)[O-])cc2cc1-c1ccc([N+](=O)[O-])cc1. The third-order valence-corrected chi connectivity index (χ3v) is 3.54. The van der Waals surface area contributed by atoms with E-state index in [0.29, 0.717) is 0 Å². The maximum absolute atomic E-state index is 12.1. The molecule has 0 aliphatic rings. The molecule has 3 aromatic rings. The van der Waals surface area contributed by atoms with Gasteiger partial charge in [-0.1, -0.05) is 0 Å². The molecule has 0 aliphatic heterocycles. The van der Waals surface area contributed by atoms with E-state index >= 15 is 0 Å². The van der Waals surface area contributed by atoms with Crippen molar-refractivity contribution in [2.75, 3.05) is 0 Å². The Morgan fingerprint density at radius 1 is 0.920 bits per heavy atom. The van der Waals surface area contributed by atoms with Gasteiger partial charge in [-0.15, -0.1) is 0 Å². The molecular weight excluding hydrogens is 336 g/mol. The van der Waals surface area contributed by atoms with Crippen molar-refractivity contribution in [1.82, 2.24) is 0 Å². The van der Waals surface area contributed by atoms with E-state index < -0.39 is 38.2 Å². The highest BCUT2D eigenvalue weighted by atomic mass is 16.6. The molecule has 0 saturated carbocycles. The van der Waals surface area contributed by atoms with Gasteiger partial charge in [0.05, 0.1) is 15.4 Å². The van der Waals surface area contributed by atoms with E-state index in [9.17, 15) is 35.2 Å². The van der Waals surface area contributed by atoms with Gasteiger partial charge in [0.2, 0.25) is 11.5 Å². The van der Waals surface area contributed by atoms with Gasteiger partial charge in [0.1, 0.15) is 0 Å². The number of benzene rings is 2. The van der Waals surface area contributed by atoms with Crippen molar-refractivity contribution in [2.24, 2.45) is 0 Å². The summed E-state index contributed by atoms with van der Waals surface area (Å²) in [5, 5.41) is 41.0. The van der Waals surface area contributed by atoms with Crippen LogP contribution in [0, 0.1) is 20.2 Å². The summed E-state index contributed by atoms with van der Waals surface area (Å²) in [6.45, 7) is 0. The van der Waals surface area contributed by atoms with Crippen molar-refractivity contribution < 1.29 is 24.5 Å². The molecule has 0 fully saturated rings. The summed E-state index contributed by atoms with van der Waals surface area (Å²) in [6, 6.07) is 7.21. The first-order chi connectivity index (χ1) is 11.8. The van der Waals surface area contributed by atoms with E-state index in [1.165, 1.54) is 30.3 Å². The third kappa shape index (κ3) is 2.61. The third-order valence-electron chi connectivity index (χ3n) is 3.54. The standard InChI is InChI=1S/C15H8N2O8/c18-12-11(17(23)24)6-8-5-10(15(20)25-14(8)13(12)19)7-1-3-9(4-2-7)16(21)22/h1-6,18-19H. The van der Waals surface area contributed by atoms with E-state index in [1.807, 2.05) is 0 Å². The lowest BCUT2D eigenvalue weighted by atomic mass is 10.0. The fraction of sp³-hybridized carbons (Fsp3) is 0. The van der Waals surface area contributed by atoms with Crippen LogP contribution in [0.1, 0.15) is 0 Å². The molecule has 1 aromatic heterocycles. The number of nitro benzene ring substituents is 2. The maximum Gasteiger partial charge on any atom is 0.344 e. The minimum Gasteiger partial charge on any atom is -0.501 e. The van der Waals surface area contributed by atoms with Crippen LogP contribution in [0.15, 0.2) is 45.6 Å². The Bertz CT molecular complexity index is 1090. The molecular formula is C15H8N2O8. The molecule has 0 radical (unpaired) electrons. The molecule has 0 bridgehead atoms. The highest BCUT2D eigenvalue weighted by molar-refractivity contribution is 5.91. The molecule has 2 N–H and O–H groups in total. The number of phenolic OH excluding ortho intramolecular Hbond substituents is 2. The number of hydrogen-bond donors (Lipinski definition) is 2. The quantitative estimate of drug-likeness (QED) is 0.318. The van der Waals surface area contributed by atoms with Crippen LogP contribution in [0.2, 0.25) is 0 Å². The van der Waals surface area contributed by atoms with E-state index in [2.05, 4.69) is 0 Å². The van der Waals surface area contributed by atoms with Crippen LogP contribution in [-0.4, -0.2) is 20.1 Å². The van der Waals surface area contributed by atoms with Gasteiger partial charge in [-0.3, -0.25) is 20.2 Å². The summed E-state index contributed by atoms with van der Waals surface area (Å²) in [7, 11) is 0. The van der Waals surface area contributed by atoms with Gasteiger partial charge in [-0.25, -0.2) is 4.79 Å². The molecule has 126 valence electrons. The molecule has 0 unspecified atom stereocenters. The highest BCUT2D eigenvalue weighted by Crippen LogP contribution is 2.41. The van der Waals surface area contributed by atoms with Crippen molar-refractivity contribution in [1.29, 1.82) is 0 Å². The number of aromatic hydroxyl groups is 2. The summed E-state index contributed by atoms with van der Waals surface area (Å²) < 4.78 is 4.95. The van der Waals surface area contributed by atoms with Crippen LogP contribution in [0.5, 0.6) is 11.5 Å². The smallest absolute Gasteiger partial charge is 0.344 e. The molecule has 0 spiro atoms. The van der Waals surface area contributed by atoms with Crippen LogP contribution in [-0.2, 0) is 0 Å². The Morgan fingerprint density at radius 3 is 2.12 bits per heavy atom. The normalized spacial score (nSPS) is 10.7. The van der Waals surface area contributed by atoms with Gasteiger partial charge in [0.15, 0.2) is 5.58 Å². The predicted molar refractivity (Wildman–Crippen MR) is 84.6 cm³/mol. The van der Waals surface area contributed by atoms with Gasteiger partial charge < -0.3 is 14.6 Å². The Labute approximate surface area is 137 Å². The molecule has 3 rings (SSSR count). The Hall–Kier alpha value is -3.95. The van der Waals surface area contributed by atoms with Crippen LogP contribution in [0.4, 0.5) is 11.4 Å². The molecule has 25 heavy (non-hydrogen) atoms. The van der Waals surface area contributed by atoms with Crippen molar-refractivity contribution in [2.45, 2.75) is 0 Å². The van der Waals surface area contributed by atoms with Gasteiger partial charge in [0, 0.05) is 23.6 Å². The number of rotatable bonds is 3. The number of phenols is 2. The summed E-state index contributed by atoms with van der Waals surface area (Å²) in [5.74, 6) is -1.93. The van der Waals surface area contributed by atoms with E-state index in [0.717, 1.165) is 6.07 Å². The average Bonchev–Trinajstić information content (AvgIpc) is 2.58. The van der Waals surface area contributed by atoms with Gasteiger partial charge >= 0.3 is 11.3 Å². The number of hydrogen-bond acceptors (Lipinski definition) is 8. The largest absolute Gasteiger partial charge is 0.501 e. The lowest BCUT2D eigenvalue weighted by Gasteiger charge is -2.05. The maximum atomic E-state index is 12.1. The second-order valence-corrected chi connectivity index (χ2v) is 5.02. The second kappa shape index (κ2) is 5.60. The first-order valence-electron chi connectivity index (χ1n) is 6.71. The zero-order chi connectivity index (χ0) is 18.3. The minimum atomic E-state index is -1.01. The zero-order valence-corrected chi connectivity index (χ0v) is 12.2. The second-order valence-electron chi connectivity index (χ2n) is 5.02. The zero-order valence-electron chi connectivity index (χ0n) is 12.2. The molecule has 0 atom stereocenters. The Morgan fingerprint density at radius 2 is 1.56 bits per heavy atom. The van der Waals surface area contributed by atoms with Gasteiger partial charge in [-0.05, 0) is 23.8 Å². The van der Waals surface area contributed by atoms with E-state index in [-0.39, 0.29) is 22.2 Å². The number of fused-ring (bicyclic) bond motifs is 1. The monoisotopic (exact) mass is 344 g/mol. The summed E-state index contributed by atoms with van der Waals surface area (Å²) in [5.41, 5.74) is -1.94. The van der Waals surface area contributed by atoms with Crippen LogP contribution in [0.25, 0.3) is 22.1 Å². The van der Waals surface area contributed by atoms with Crippen molar-refractivity contribution in [3.63, 3.8) is 0 Å². The van der Waals surface area contributed by atoms with Crippen molar-refractivity contribution in [3.05, 3.63) is 67.0 Å². The fourth-order valence-corrected chi connectivity index (χ4v) is 2.33. The Kier molecular flexibility index (Phi) is 3.57. The highest BCUT2D eigenvalue weighted by Gasteiger charge is 2.23. The lowest BCUT2D eigenvalue weighted by Crippen LogP contribution is -2.03. The van der Waals surface area contributed by atoms with Crippen molar-refractivity contribution in [3.8, 4) is 22.6 Å².